The molecule has 0 bridgehead atoms. The summed E-state index contributed by atoms with van der Waals surface area (Å²) in [6, 6.07) is 12.8. The van der Waals surface area contributed by atoms with Crippen molar-refractivity contribution in [2.75, 3.05) is 27.3 Å². The zero-order valence-corrected chi connectivity index (χ0v) is 19.9. The fourth-order valence-electron chi connectivity index (χ4n) is 4.07. The van der Waals surface area contributed by atoms with Crippen molar-refractivity contribution in [2.24, 2.45) is 0 Å². The Morgan fingerprint density at radius 1 is 0.917 bits per heavy atom. The Labute approximate surface area is 207 Å². The fourth-order valence-corrected chi connectivity index (χ4v) is 4.07. The number of hydrogen-bond donors (Lipinski definition) is 0. The van der Waals surface area contributed by atoms with Gasteiger partial charge in [-0.2, -0.15) is 0 Å². The Balaban J connectivity index is 1.59. The van der Waals surface area contributed by atoms with E-state index in [-0.39, 0.29) is 55.4 Å². The lowest BCUT2D eigenvalue weighted by Crippen LogP contribution is -2.34. The Kier molecular flexibility index (Phi) is 7.43. The predicted octanol–water partition coefficient (Wildman–Crippen LogP) is 2.09. The highest BCUT2D eigenvalue weighted by molar-refractivity contribution is 5.96. The van der Waals surface area contributed by atoms with Gasteiger partial charge >= 0.3 is 11.9 Å². The predicted molar refractivity (Wildman–Crippen MR) is 128 cm³/mol. The van der Waals surface area contributed by atoms with Crippen molar-refractivity contribution in [3.05, 3.63) is 93.2 Å². The summed E-state index contributed by atoms with van der Waals surface area (Å²) >= 11 is 0. The zero-order chi connectivity index (χ0) is 25.7. The van der Waals surface area contributed by atoms with Crippen molar-refractivity contribution in [1.29, 1.82) is 0 Å². The van der Waals surface area contributed by atoms with Crippen LogP contribution in [0.1, 0.15) is 42.5 Å². The molecule has 2 aromatic heterocycles. The molecule has 0 N–H and O–H groups in total. The van der Waals surface area contributed by atoms with E-state index in [9.17, 15) is 19.2 Å². The van der Waals surface area contributed by atoms with E-state index in [0.29, 0.717) is 22.5 Å². The molecule has 0 saturated heterocycles. The summed E-state index contributed by atoms with van der Waals surface area (Å²) in [5.74, 6) is -1.26. The number of ether oxygens (including phenoxy) is 3. The second-order valence-corrected chi connectivity index (χ2v) is 8.03. The molecule has 0 saturated carbocycles. The molecule has 0 fully saturated rings. The minimum absolute atomic E-state index is 0.0694. The maximum atomic E-state index is 13.1. The first-order valence-electron chi connectivity index (χ1n) is 11.3. The van der Waals surface area contributed by atoms with Gasteiger partial charge in [-0.25, -0.2) is 9.59 Å². The molecule has 1 aliphatic rings. The maximum Gasteiger partial charge on any atom is 0.343 e. The summed E-state index contributed by atoms with van der Waals surface area (Å²) in [7, 11) is 2.55. The average molecular weight is 492 g/mol. The van der Waals surface area contributed by atoms with Crippen LogP contribution in [0.25, 0.3) is 0 Å². The second-order valence-electron chi connectivity index (χ2n) is 8.03. The van der Waals surface area contributed by atoms with E-state index in [1.54, 1.807) is 35.4 Å². The number of esters is 2. The maximum absolute atomic E-state index is 13.1. The Morgan fingerprint density at radius 3 is 2.31 bits per heavy atom. The van der Waals surface area contributed by atoms with E-state index >= 15 is 0 Å². The first-order chi connectivity index (χ1) is 17.4. The first kappa shape index (κ1) is 24.6. The van der Waals surface area contributed by atoms with Gasteiger partial charge < -0.3 is 23.7 Å². The van der Waals surface area contributed by atoms with E-state index in [0.717, 1.165) is 0 Å². The van der Waals surface area contributed by atoms with Crippen LogP contribution in [0.4, 0.5) is 0 Å². The molecule has 0 atom stereocenters. The number of hydrogen-bond acceptors (Lipinski definition) is 8. The molecule has 10 heteroatoms. The Morgan fingerprint density at radius 2 is 1.64 bits per heavy atom. The quantitative estimate of drug-likeness (QED) is 0.481. The van der Waals surface area contributed by atoms with Crippen LogP contribution >= 0.6 is 0 Å². The number of nitrogens with zero attached hydrogens (tertiary/aromatic N) is 3. The summed E-state index contributed by atoms with van der Waals surface area (Å²) in [6.07, 6.45) is 1.87. The Bertz CT molecular complexity index is 1330. The molecule has 3 heterocycles. The molecule has 1 aromatic carbocycles. The smallest absolute Gasteiger partial charge is 0.343 e. The molecule has 186 valence electrons. The summed E-state index contributed by atoms with van der Waals surface area (Å²) in [4.78, 5) is 56.3. The number of carbonyl (C=O) groups is 3. The molecule has 0 aliphatic carbocycles. The van der Waals surface area contributed by atoms with E-state index in [1.165, 1.54) is 37.0 Å². The summed E-state index contributed by atoms with van der Waals surface area (Å²) in [6.45, 7) is 0.800. The van der Waals surface area contributed by atoms with E-state index < -0.39 is 11.9 Å². The van der Waals surface area contributed by atoms with Gasteiger partial charge in [0.15, 0.2) is 0 Å². The number of benzene rings is 1. The first-order valence-corrected chi connectivity index (χ1v) is 11.3. The number of methoxy groups -OCH3 is 2. The van der Waals surface area contributed by atoms with Crippen molar-refractivity contribution in [3.8, 4) is 5.75 Å². The monoisotopic (exact) mass is 491 g/mol. The van der Waals surface area contributed by atoms with Gasteiger partial charge in [0.25, 0.3) is 11.5 Å². The molecular weight excluding hydrogens is 466 g/mol. The largest absolute Gasteiger partial charge is 0.486 e. The van der Waals surface area contributed by atoms with Crippen LogP contribution in [-0.2, 0) is 29.0 Å². The summed E-state index contributed by atoms with van der Waals surface area (Å²) in [5.41, 5.74) is 1.63. The number of aromatic nitrogens is 2. The third kappa shape index (κ3) is 5.12. The van der Waals surface area contributed by atoms with Gasteiger partial charge in [0.1, 0.15) is 17.9 Å². The van der Waals surface area contributed by atoms with Crippen LogP contribution in [0.15, 0.2) is 59.5 Å². The van der Waals surface area contributed by atoms with Gasteiger partial charge in [-0.3, -0.25) is 14.6 Å². The second kappa shape index (κ2) is 10.9. The molecule has 1 amide bonds. The third-order valence-corrected chi connectivity index (χ3v) is 5.92. The zero-order valence-electron chi connectivity index (χ0n) is 19.9. The highest BCUT2D eigenvalue weighted by atomic mass is 16.5. The summed E-state index contributed by atoms with van der Waals surface area (Å²) < 4.78 is 17.0. The standard InChI is InChI=1S/C26H25N3O7/c1-34-25(32)18-8-6-17(7-9-18)24(31)28-12-10-20-23(26(33)35-2)21(15-22(30)29(20)14-13-28)36-16-19-5-3-4-11-27-19/h3-9,11,15H,10,12-14,16H2,1-2H3. The molecule has 36 heavy (non-hydrogen) atoms. The molecule has 0 radical (unpaired) electrons. The normalized spacial score (nSPS) is 12.8. The number of rotatable bonds is 6. The van der Waals surface area contributed by atoms with Crippen LogP contribution in [0.2, 0.25) is 0 Å². The van der Waals surface area contributed by atoms with Gasteiger partial charge in [-0.1, -0.05) is 6.07 Å². The number of fused-ring (bicyclic) bond motifs is 1. The number of pyridine rings is 2. The SMILES string of the molecule is COC(=O)c1ccc(C(=O)N2CCc3c(C(=O)OC)c(OCc4ccccn4)cc(=O)n3CC2)cc1. The van der Waals surface area contributed by atoms with Crippen molar-refractivity contribution >= 4 is 17.8 Å². The van der Waals surface area contributed by atoms with E-state index in [2.05, 4.69) is 4.98 Å². The van der Waals surface area contributed by atoms with Crippen LogP contribution in [0.3, 0.4) is 0 Å². The van der Waals surface area contributed by atoms with E-state index in [1.807, 2.05) is 6.07 Å². The molecule has 4 rings (SSSR count). The van der Waals surface area contributed by atoms with Crippen molar-refractivity contribution < 1.29 is 28.6 Å². The molecule has 0 spiro atoms. The lowest BCUT2D eigenvalue weighted by molar-refractivity contribution is 0.0586. The van der Waals surface area contributed by atoms with Crippen molar-refractivity contribution in [2.45, 2.75) is 19.6 Å². The van der Waals surface area contributed by atoms with Crippen LogP contribution in [0.5, 0.6) is 5.75 Å². The highest BCUT2D eigenvalue weighted by Gasteiger charge is 2.28. The van der Waals surface area contributed by atoms with Gasteiger partial charge in [0, 0.05) is 49.6 Å². The highest BCUT2D eigenvalue weighted by Crippen LogP contribution is 2.25. The Hall–Kier alpha value is -4.47. The van der Waals surface area contributed by atoms with Gasteiger partial charge in [-0.15, -0.1) is 0 Å². The fraction of sp³-hybridized carbons (Fsp3) is 0.269. The lowest BCUT2D eigenvalue weighted by atomic mass is 10.1. The third-order valence-electron chi connectivity index (χ3n) is 5.92. The molecule has 3 aromatic rings. The van der Waals surface area contributed by atoms with Gasteiger partial charge in [0.2, 0.25) is 0 Å². The molecule has 1 aliphatic heterocycles. The van der Waals surface area contributed by atoms with Crippen LogP contribution < -0.4 is 10.3 Å². The van der Waals surface area contributed by atoms with Crippen molar-refractivity contribution in [3.63, 3.8) is 0 Å². The average Bonchev–Trinajstić information content (AvgIpc) is 3.15. The molecule has 10 nitrogen and oxygen atoms in total. The van der Waals surface area contributed by atoms with Crippen molar-refractivity contribution in [1.82, 2.24) is 14.5 Å². The van der Waals surface area contributed by atoms with Gasteiger partial charge in [0.05, 0.1) is 25.5 Å². The lowest BCUT2D eigenvalue weighted by Gasteiger charge is -2.20. The summed E-state index contributed by atoms with van der Waals surface area (Å²) in [5, 5.41) is 0. The minimum Gasteiger partial charge on any atom is -0.486 e. The topological polar surface area (TPSA) is 117 Å². The molecular formula is C26H25N3O7. The molecule has 0 unspecified atom stereocenters. The minimum atomic E-state index is -0.632. The van der Waals surface area contributed by atoms with E-state index in [4.69, 9.17) is 14.2 Å². The van der Waals surface area contributed by atoms with Crippen LogP contribution in [0, 0.1) is 0 Å². The number of carbonyl (C=O) groups excluding carboxylic acids is 3. The van der Waals surface area contributed by atoms with Crippen LogP contribution in [-0.4, -0.2) is 59.6 Å². The number of amides is 1. The van der Waals surface area contributed by atoms with Gasteiger partial charge in [-0.05, 0) is 36.4 Å².